The molecule has 3 aliphatic heterocycles. The first-order valence-corrected chi connectivity index (χ1v) is 25.3. The van der Waals surface area contributed by atoms with Gasteiger partial charge in [-0.05, 0) is 71.6 Å². The second-order valence-corrected chi connectivity index (χ2v) is 28.6. The molecule has 3 fully saturated rings. The van der Waals surface area contributed by atoms with Gasteiger partial charge in [-0.3, -0.25) is 0 Å². The Kier molecular flexibility index (Phi) is 14.9. The zero-order valence-corrected chi connectivity index (χ0v) is 38.0. The molecule has 2 aromatic carbocycles. The lowest BCUT2D eigenvalue weighted by Crippen LogP contribution is -2.68. The summed E-state index contributed by atoms with van der Waals surface area (Å²) in [6, 6.07) is 21.7. The van der Waals surface area contributed by atoms with Crippen LogP contribution in [0.3, 0.4) is 0 Å². The molecule has 0 bridgehead atoms. The normalized spacial score (nSPS) is 29.8. The first kappa shape index (κ1) is 44.4. The fourth-order valence-corrected chi connectivity index (χ4v) is 20.6. The Bertz CT molecular complexity index is 1420. The van der Waals surface area contributed by atoms with Crippen LogP contribution >= 0.6 is 0 Å². The molecule has 2 aromatic rings. The maximum atomic E-state index is 10.2. The van der Waals surface area contributed by atoms with Gasteiger partial charge in [0.2, 0.25) is 8.32 Å². The fourth-order valence-electron chi connectivity index (χ4n) is 10.4. The third-order valence-electron chi connectivity index (χ3n) is 13.1. The number of aliphatic hydroxyl groups excluding tert-OH is 1. The molecule has 5 rings (SSSR count). The molecule has 1 N–H and O–H groups in total. The van der Waals surface area contributed by atoms with Crippen molar-refractivity contribution in [2.24, 2.45) is 0 Å². The summed E-state index contributed by atoms with van der Waals surface area (Å²) in [5, 5.41) is 12.6. The van der Waals surface area contributed by atoms with Crippen LogP contribution in [0, 0.1) is 0 Å². The van der Waals surface area contributed by atoms with Crippen molar-refractivity contribution in [2.75, 3.05) is 13.2 Å². The van der Waals surface area contributed by atoms with Crippen molar-refractivity contribution >= 4 is 27.0 Å². The Morgan fingerprint density at radius 1 is 0.873 bits per heavy atom. The third kappa shape index (κ3) is 9.47. The van der Waals surface area contributed by atoms with E-state index in [4.69, 9.17) is 27.8 Å². The summed E-state index contributed by atoms with van der Waals surface area (Å²) in [4.78, 5) is 0. The molecule has 308 valence electrons. The number of benzene rings is 2. The minimum atomic E-state index is -2.80. The van der Waals surface area contributed by atoms with Crippen molar-refractivity contribution < 1.29 is 32.9 Å². The Balaban J connectivity index is 1.52. The molecule has 1 unspecified atom stereocenters. The fraction of sp³-hybridized carbons (Fsp3) is 0.696. The number of rotatable bonds is 16. The number of hydrogen-bond acceptors (Lipinski definition) is 7. The highest BCUT2D eigenvalue weighted by Crippen LogP contribution is 2.49. The van der Waals surface area contributed by atoms with E-state index in [1.54, 1.807) is 6.08 Å². The molecule has 55 heavy (non-hydrogen) atoms. The molecule has 0 spiro atoms. The lowest BCUT2D eigenvalue weighted by Gasteiger charge is -2.55. The summed E-state index contributed by atoms with van der Waals surface area (Å²) in [5.74, 6) is 0. The van der Waals surface area contributed by atoms with E-state index in [1.165, 1.54) is 10.4 Å². The van der Waals surface area contributed by atoms with Gasteiger partial charge in [0.1, 0.15) is 6.10 Å². The minimum absolute atomic E-state index is 0.103. The Labute approximate surface area is 336 Å². The van der Waals surface area contributed by atoms with Crippen LogP contribution in [0.4, 0.5) is 0 Å². The van der Waals surface area contributed by atoms with E-state index in [-0.39, 0.29) is 47.8 Å². The highest BCUT2D eigenvalue weighted by molar-refractivity contribution is 6.99. The molecule has 0 aliphatic carbocycles. The monoisotopic (exact) mass is 794 g/mol. The van der Waals surface area contributed by atoms with E-state index in [0.717, 1.165) is 12.8 Å². The number of hydrogen-bond donors (Lipinski definition) is 1. The maximum Gasteiger partial charge on any atom is 0.261 e. The molecule has 0 amide bonds. The van der Waals surface area contributed by atoms with Crippen LogP contribution in [0.15, 0.2) is 73.3 Å². The number of aliphatic hydroxyl groups is 1. The molecule has 0 aromatic heterocycles. The maximum absolute atomic E-state index is 10.2. The van der Waals surface area contributed by atoms with Gasteiger partial charge in [-0.15, -0.1) is 6.58 Å². The molecule has 9 heteroatoms. The van der Waals surface area contributed by atoms with Crippen LogP contribution in [-0.2, 0) is 27.8 Å². The van der Waals surface area contributed by atoms with Crippen molar-refractivity contribution in [1.29, 1.82) is 0 Å². The second kappa shape index (κ2) is 18.5. The van der Waals surface area contributed by atoms with Crippen LogP contribution in [0.1, 0.15) is 115 Å². The predicted molar refractivity (Wildman–Crippen MR) is 229 cm³/mol. The molecule has 0 saturated carbocycles. The SMILES string of the molecule is C=CCO[C@H]1CC[C@@]2(C)O[C@H]3[C@@H](O[Si](C(C)C)(C(C)C)C(C)C)C[C@@H](CO[Si](c4ccccc4)(c4ccccc4)C(C)(C)C)O[C@@H]3C[C@@H]2O[C@@H]1CCC(C)O. The summed E-state index contributed by atoms with van der Waals surface area (Å²) in [7, 11) is -5.11. The smallest absolute Gasteiger partial charge is 0.261 e. The van der Waals surface area contributed by atoms with Crippen molar-refractivity contribution in [3.05, 3.63) is 73.3 Å². The van der Waals surface area contributed by atoms with Crippen LogP contribution in [-0.4, -0.2) is 89.4 Å². The number of ether oxygens (including phenoxy) is 4. The first-order valence-electron chi connectivity index (χ1n) is 21.3. The van der Waals surface area contributed by atoms with Crippen molar-refractivity contribution in [3.8, 4) is 0 Å². The average Bonchev–Trinajstić information content (AvgIpc) is 3.26. The van der Waals surface area contributed by atoms with Gasteiger partial charge in [0, 0.05) is 12.8 Å². The molecule has 7 nitrogen and oxygen atoms in total. The lowest BCUT2D eigenvalue weighted by molar-refractivity contribution is -0.291. The van der Waals surface area contributed by atoms with Gasteiger partial charge in [0.05, 0.1) is 61.5 Å². The highest BCUT2D eigenvalue weighted by Gasteiger charge is 2.58. The first-order chi connectivity index (χ1) is 26.0. The summed E-state index contributed by atoms with van der Waals surface area (Å²) in [6.07, 6.45) is 4.58. The van der Waals surface area contributed by atoms with Gasteiger partial charge >= 0.3 is 0 Å². The van der Waals surface area contributed by atoms with Crippen molar-refractivity contribution in [1.82, 2.24) is 0 Å². The van der Waals surface area contributed by atoms with E-state index in [2.05, 4.69) is 136 Å². The molecular weight excluding hydrogens is 721 g/mol. The summed E-state index contributed by atoms with van der Waals surface area (Å²) < 4.78 is 43.2. The van der Waals surface area contributed by atoms with E-state index in [9.17, 15) is 5.11 Å². The van der Waals surface area contributed by atoms with Crippen LogP contribution in [0.5, 0.6) is 0 Å². The largest absolute Gasteiger partial charge is 0.410 e. The van der Waals surface area contributed by atoms with Crippen LogP contribution in [0.2, 0.25) is 21.7 Å². The molecule has 3 saturated heterocycles. The van der Waals surface area contributed by atoms with Crippen molar-refractivity contribution in [2.45, 2.75) is 191 Å². The molecule has 9 atom stereocenters. The van der Waals surface area contributed by atoms with Crippen molar-refractivity contribution in [3.63, 3.8) is 0 Å². The summed E-state index contributed by atoms with van der Waals surface area (Å²) in [6.45, 7) is 30.1. The van der Waals surface area contributed by atoms with Crippen LogP contribution < -0.4 is 10.4 Å². The molecule has 3 aliphatic rings. The van der Waals surface area contributed by atoms with E-state index in [1.807, 2.05) is 6.92 Å². The topological polar surface area (TPSA) is 75.6 Å². The second-order valence-electron chi connectivity index (χ2n) is 18.9. The molecular formula is C46H74O7Si2. The third-order valence-corrected chi connectivity index (χ3v) is 24.2. The Hall–Kier alpha value is -1.67. The standard InChI is InChI=1S/C46H74O7Si2/c1-13-28-48-39-26-27-46(12)43(51-40(39)25-24-35(8)47)30-41-44(52-46)42(53-54(32(2)3,33(4)5)34(6)7)29-36(50-41)31-49-55(45(9,10)11,37-20-16-14-17-21-37)38-22-18-15-19-23-38/h13-23,32-36,39-44,47H,1,24-31H2,2-12H3/t35?,36-,39-,40+,41+,42-,43-,44+,46+/m0/s1. The van der Waals surface area contributed by atoms with Gasteiger partial charge in [0.25, 0.3) is 8.32 Å². The lowest BCUT2D eigenvalue weighted by atomic mass is 9.82. The average molecular weight is 795 g/mol. The predicted octanol–water partition coefficient (Wildman–Crippen LogP) is 9.11. The quantitative estimate of drug-likeness (QED) is 0.134. The Morgan fingerprint density at radius 2 is 1.45 bits per heavy atom. The zero-order chi connectivity index (χ0) is 40.2. The summed E-state index contributed by atoms with van der Waals surface area (Å²) >= 11 is 0. The van der Waals surface area contributed by atoms with Gasteiger partial charge in [0.15, 0.2) is 0 Å². The van der Waals surface area contributed by atoms with Crippen LogP contribution in [0.25, 0.3) is 0 Å². The zero-order valence-electron chi connectivity index (χ0n) is 36.0. The van der Waals surface area contributed by atoms with E-state index < -0.39 is 28.3 Å². The van der Waals surface area contributed by atoms with Gasteiger partial charge in [-0.25, -0.2) is 0 Å². The minimum Gasteiger partial charge on any atom is -0.410 e. The Morgan fingerprint density at radius 3 is 1.96 bits per heavy atom. The summed E-state index contributed by atoms with van der Waals surface area (Å²) in [5.41, 5.74) is 0.779. The molecule has 3 heterocycles. The van der Waals surface area contributed by atoms with Gasteiger partial charge in [-0.1, -0.05) is 129 Å². The van der Waals surface area contributed by atoms with E-state index in [0.29, 0.717) is 55.5 Å². The number of fused-ring (bicyclic) bond motifs is 2. The van der Waals surface area contributed by atoms with Gasteiger partial charge in [-0.2, -0.15) is 0 Å². The van der Waals surface area contributed by atoms with E-state index >= 15 is 0 Å². The molecule has 0 radical (unpaired) electrons. The highest BCUT2D eigenvalue weighted by atomic mass is 28.4. The van der Waals surface area contributed by atoms with Gasteiger partial charge < -0.3 is 32.9 Å².